The summed E-state index contributed by atoms with van der Waals surface area (Å²) in [5.41, 5.74) is 3.35. The first kappa shape index (κ1) is 19.8. The molecule has 4 rings (SSSR count). The van der Waals surface area contributed by atoms with E-state index in [4.69, 9.17) is 0 Å². The number of carbonyl (C=O) groups is 3. The topological polar surface area (TPSA) is 91.4 Å². The Labute approximate surface area is 177 Å². The van der Waals surface area contributed by atoms with Crippen molar-refractivity contribution in [3.63, 3.8) is 0 Å². The first-order valence-electron chi connectivity index (χ1n) is 9.45. The number of amides is 3. The molecule has 0 saturated heterocycles. The summed E-state index contributed by atoms with van der Waals surface area (Å²) in [5, 5.41) is 6.06. The maximum Gasteiger partial charge on any atom is 0.228 e. The van der Waals surface area contributed by atoms with E-state index in [0.717, 1.165) is 21.3 Å². The minimum Gasteiger partial charge on any atom is -0.326 e. The summed E-state index contributed by atoms with van der Waals surface area (Å²) >= 11 is 1.33. The van der Waals surface area contributed by atoms with Gasteiger partial charge in [-0.15, -0.1) is 0 Å². The number of rotatable bonds is 4. The third-order valence-electron chi connectivity index (χ3n) is 4.80. The van der Waals surface area contributed by atoms with Crippen molar-refractivity contribution in [2.24, 2.45) is 0 Å². The largest absolute Gasteiger partial charge is 0.326 e. The van der Waals surface area contributed by atoms with Gasteiger partial charge in [-0.25, -0.2) is 4.98 Å². The lowest BCUT2D eigenvalue weighted by atomic mass is 9.93. The average molecular weight is 420 g/mol. The Balaban J connectivity index is 1.53. The molecule has 2 N–H and O–H groups in total. The van der Waals surface area contributed by atoms with Crippen LogP contribution < -0.4 is 10.6 Å². The minimum absolute atomic E-state index is 0.119. The molecule has 0 spiro atoms. The first-order chi connectivity index (χ1) is 14.4. The molecule has 0 fully saturated rings. The van der Waals surface area contributed by atoms with E-state index in [9.17, 15) is 14.4 Å². The fourth-order valence-corrected chi connectivity index (χ4v) is 4.44. The van der Waals surface area contributed by atoms with Gasteiger partial charge in [-0.1, -0.05) is 35.6 Å². The van der Waals surface area contributed by atoms with E-state index in [1.165, 1.54) is 25.2 Å². The molecule has 2 aromatic carbocycles. The Hall–Kier alpha value is -3.52. The normalized spacial score (nSPS) is 15.0. The number of nitrogens with one attached hydrogen (secondary N) is 2. The molecule has 1 aromatic heterocycles. The van der Waals surface area contributed by atoms with Crippen LogP contribution in [0.15, 0.2) is 48.7 Å². The standard InChI is InChI=1S/C22H20N4O3S/c1-13(27)23-16-7-8-18-20(11-16)30-22(24-18)25-21(29)12-19-17-6-4-3-5-15(17)9-10-26(19)14(2)28/h3-11,19H,12H2,1-2H3,(H,23,27)(H,24,25,29)/t19-/m0/s1. The summed E-state index contributed by atoms with van der Waals surface area (Å²) in [6.07, 6.45) is 3.73. The molecule has 1 atom stereocenters. The van der Waals surface area contributed by atoms with E-state index in [2.05, 4.69) is 15.6 Å². The van der Waals surface area contributed by atoms with Crippen molar-refractivity contribution in [3.8, 4) is 0 Å². The van der Waals surface area contributed by atoms with Gasteiger partial charge in [0.2, 0.25) is 17.7 Å². The van der Waals surface area contributed by atoms with Crippen molar-refractivity contribution >= 4 is 56.2 Å². The highest BCUT2D eigenvalue weighted by Crippen LogP contribution is 2.34. The monoisotopic (exact) mass is 420 g/mol. The molecule has 7 nitrogen and oxygen atoms in total. The van der Waals surface area contributed by atoms with Gasteiger partial charge in [-0.2, -0.15) is 0 Å². The van der Waals surface area contributed by atoms with Gasteiger partial charge in [-0.05, 0) is 35.4 Å². The molecule has 8 heteroatoms. The number of fused-ring (bicyclic) bond motifs is 2. The van der Waals surface area contributed by atoms with Gasteiger partial charge < -0.3 is 15.5 Å². The maximum absolute atomic E-state index is 12.8. The third-order valence-corrected chi connectivity index (χ3v) is 5.74. The number of hydrogen-bond acceptors (Lipinski definition) is 5. The highest BCUT2D eigenvalue weighted by atomic mass is 32.1. The Morgan fingerprint density at radius 3 is 2.67 bits per heavy atom. The fraction of sp³-hybridized carbons (Fsp3) is 0.182. The van der Waals surface area contributed by atoms with E-state index < -0.39 is 0 Å². The second-order valence-corrected chi connectivity index (χ2v) is 8.05. The average Bonchev–Trinajstić information content (AvgIpc) is 3.08. The highest BCUT2D eigenvalue weighted by Gasteiger charge is 2.28. The Bertz CT molecular complexity index is 1180. The van der Waals surface area contributed by atoms with Crippen molar-refractivity contribution in [1.82, 2.24) is 9.88 Å². The summed E-state index contributed by atoms with van der Waals surface area (Å²) in [6, 6.07) is 12.8. The molecular weight excluding hydrogens is 400 g/mol. The molecule has 0 saturated carbocycles. The van der Waals surface area contributed by atoms with Crippen molar-refractivity contribution in [3.05, 3.63) is 59.8 Å². The highest BCUT2D eigenvalue weighted by molar-refractivity contribution is 7.22. The molecular formula is C22H20N4O3S. The van der Waals surface area contributed by atoms with E-state index >= 15 is 0 Å². The van der Waals surface area contributed by atoms with Crippen molar-refractivity contribution in [2.75, 3.05) is 10.6 Å². The maximum atomic E-state index is 12.8. The molecule has 1 aliphatic rings. The molecule has 0 bridgehead atoms. The van der Waals surface area contributed by atoms with Gasteiger partial charge in [0.05, 0.1) is 22.7 Å². The van der Waals surface area contributed by atoms with Gasteiger partial charge in [0.25, 0.3) is 0 Å². The van der Waals surface area contributed by atoms with Crippen LogP contribution in [-0.4, -0.2) is 27.6 Å². The Morgan fingerprint density at radius 1 is 1.10 bits per heavy atom. The summed E-state index contributed by atoms with van der Waals surface area (Å²) < 4.78 is 0.854. The molecule has 3 amide bonds. The zero-order chi connectivity index (χ0) is 21.3. The molecule has 2 heterocycles. The summed E-state index contributed by atoms with van der Waals surface area (Å²) in [5.74, 6) is -0.495. The van der Waals surface area contributed by atoms with Gasteiger partial charge in [-0.3, -0.25) is 14.4 Å². The van der Waals surface area contributed by atoms with Crippen LogP contribution in [0.25, 0.3) is 16.3 Å². The molecule has 30 heavy (non-hydrogen) atoms. The molecule has 152 valence electrons. The summed E-state index contributed by atoms with van der Waals surface area (Å²) in [7, 11) is 0. The SMILES string of the molecule is CC(=O)Nc1ccc2nc(NC(=O)C[C@H]3c4ccccc4C=CN3C(C)=O)sc2c1. The van der Waals surface area contributed by atoms with Gasteiger partial charge >= 0.3 is 0 Å². The predicted molar refractivity (Wildman–Crippen MR) is 118 cm³/mol. The van der Waals surface area contributed by atoms with E-state index in [1.54, 1.807) is 23.2 Å². The summed E-state index contributed by atoms with van der Waals surface area (Å²) in [6.45, 7) is 2.94. The van der Waals surface area contributed by atoms with Crippen LogP contribution in [0.2, 0.25) is 0 Å². The van der Waals surface area contributed by atoms with Crippen LogP contribution in [0, 0.1) is 0 Å². The zero-order valence-electron chi connectivity index (χ0n) is 16.5. The number of thiazole rings is 1. The molecule has 0 radical (unpaired) electrons. The van der Waals surface area contributed by atoms with Crippen LogP contribution >= 0.6 is 11.3 Å². The third kappa shape index (κ3) is 4.08. The van der Waals surface area contributed by atoms with Gasteiger partial charge in [0, 0.05) is 25.7 Å². The Morgan fingerprint density at radius 2 is 1.90 bits per heavy atom. The van der Waals surface area contributed by atoms with Crippen LogP contribution in [0.3, 0.4) is 0 Å². The predicted octanol–water partition coefficient (Wildman–Crippen LogP) is 4.16. The van der Waals surface area contributed by atoms with Crippen molar-refractivity contribution in [2.45, 2.75) is 26.3 Å². The number of nitrogens with zero attached hydrogens (tertiary/aromatic N) is 2. The van der Waals surface area contributed by atoms with Crippen molar-refractivity contribution < 1.29 is 14.4 Å². The van der Waals surface area contributed by atoms with Crippen LogP contribution in [-0.2, 0) is 14.4 Å². The number of carbonyl (C=O) groups excluding carboxylic acids is 3. The van der Waals surface area contributed by atoms with Crippen LogP contribution in [0.4, 0.5) is 10.8 Å². The fourth-order valence-electron chi connectivity index (χ4n) is 3.52. The minimum atomic E-state index is -0.371. The number of anilines is 2. The number of aromatic nitrogens is 1. The second-order valence-electron chi connectivity index (χ2n) is 7.02. The first-order valence-corrected chi connectivity index (χ1v) is 10.3. The second kappa shape index (κ2) is 8.08. The van der Waals surface area contributed by atoms with E-state index in [1.807, 2.05) is 36.4 Å². The van der Waals surface area contributed by atoms with Crippen LogP contribution in [0.5, 0.6) is 0 Å². The lowest BCUT2D eigenvalue weighted by molar-refractivity contribution is -0.129. The lowest BCUT2D eigenvalue weighted by Crippen LogP contribution is -2.33. The van der Waals surface area contributed by atoms with Crippen molar-refractivity contribution in [1.29, 1.82) is 0 Å². The smallest absolute Gasteiger partial charge is 0.228 e. The molecule has 1 aliphatic heterocycles. The zero-order valence-corrected chi connectivity index (χ0v) is 17.3. The van der Waals surface area contributed by atoms with Gasteiger partial charge in [0.1, 0.15) is 0 Å². The summed E-state index contributed by atoms with van der Waals surface area (Å²) in [4.78, 5) is 42.1. The quantitative estimate of drug-likeness (QED) is 0.663. The number of benzene rings is 2. The van der Waals surface area contributed by atoms with E-state index in [0.29, 0.717) is 10.8 Å². The Kier molecular flexibility index (Phi) is 5.33. The van der Waals surface area contributed by atoms with Crippen LogP contribution in [0.1, 0.15) is 37.4 Å². The lowest BCUT2D eigenvalue weighted by Gasteiger charge is -2.32. The molecule has 0 unspecified atom stereocenters. The molecule has 0 aliphatic carbocycles. The number of hydrogen-bond donors (Lipinski definition) is 2. The molecule has 3 aromatic rings. The van der Waals surface area contributed by atoms with Gasteiger partial charge in [0.15, 0.2) is 5.13 Å². The van der Waals surface area contributed by atoms with E-state index in [-0.39, 0.29) is 30.2 Å².